The largest absolute Gasteiger partial charge is 0.316 e. The minimum atomic E-state index is -2.35. The maximum atomic E-state index is 12.2. The first kappa shape index (κ1) is 7.92. The summed E-state index contributed by atoms with van der Waals surface area (Å²) in [4.78, 5) is 0. The molecular formula is C7H13F2N. The fourth-order valence-corrected chi connectivity index (χ4v) is 0.944. The van der Waals surface area contributed by atoms with Crippen molar-refractivity contribution in [1.29, 1.82) is 0 Å². The number of hydrogen-bond acceptors (Lipinski definition) is 1. The van der Waals surface area contributed by atoms with Crippen molar-refractivity contribution in [3.05, 3.63) is 0 Å². The van der Waals surface area contributed by atoms with E-state index in [0.717, 1.165) is 13.0 Å². The van der Waals surface area contributed by atoms with Gasteiger partial charge in [0.2, 0.25) is 0 Å². The number of hydrogen-bond donors (Lipinski definition) is 1. The third-order valence-corrected chi connectivity index (χ3v) is 1.77. The first-order valence-electron chi connectivity index (χ1n) is 3.75. The molecule has 1 aliphatic carbocycles. The maximum Gasteiger partial charge on any atom is 0.252 e. The van der Waals surface area contributed by atoms with Gasteiger partial charge in [-0.3, -0.25) is 0 Å². The first-order chi connectivity index (χ1) is 4.67. The van der Waals surface area contributed by atoms with Crippen LogP contribution in [0.1, 0.15) is 19.8 Å². The number of alkyl halides is 2. The number of nitrogens with one attached hydrogen (secondary N) is 1. The minimum absolute atomic E-state index is 0.0870. The quantitative estimate of drug-likeness (QED) is 0.599. The lowest BCUT2D eigenvalue weighted by atomic mass is 10.4. The van der Waals surface area contributed by atoms with Crippen LogP contribution in [-0.4, -0.2) is 19.0 Å². The molecule has 3 heteroatoms. The molecule has 0 aromatic carbocycles. The second-order valence-corrected chi connectivity index (χ2v) is 2.87. The van der Waals surface area contributed by atoms with Gasteiger partial charge >= 0.3 is 0 Å². The van der Waals surface area contributed by atoms with Crippen molar-refractivity contribution in [3.63, 3.8) is 0 Å². The fraction of sp³-hybridized carbons (Fsp3) is 1.00. The van der Waals surface area contributed by atoms with E-state index in [4.69, 9.17) is 0 Å². The molecule has 0 aliphatic heterocycles. The van der Waals surface area contributed by atoms with E-state index in [1.165, 1.54) is 0 Å². The Bertz CT molecular complexity index is 114. The molecule has 1 N–H and O–H groups in total. The Morgan fingerprint density at radius 1 is 1.60 bits per heavy atom. The maximum absolute atomic E-state index is 12.2. The molecule has 10 heavy (non-hydrogen) atoms. The molecule has 0 spiro atoms. The first-order valence-corrected chi connectivity index (χ1v) is 3.75. The Balaban J connectivity index is 1.97. The van der Waals surface area contributed by atoms with Crippen LogP contribution in [0.15, 0.2) is 0 Å². The van der Waals surface area contributed by atoms with Gasteiger partial charge in [0.05, 0.1) is 0 Å². The topological polar surface area (TPSA) is 12.0 Å². The van der Waals surface area contributed by atoms with E-state index in [1.54, 1.807) is 0 Å². The van der Waals surface area contributed by atoms with E-state index in [-0.39, 0.29) is 12.3 Å². The highest BCUT2D eigenvalue weighted by molar-refractivity contribution is 4.95. The summed E-state index contributed by atoms with van der Waals surface area (Å²) in [7, 11) is 0. The predicted octanol–water partition coefficient (Wildman–Crippen LogP) is 1.64. The molecule has 1 aliphatic rings. The van der Waals surface area contributed by atoms with Crippen LogP contribution in [0.3, 0.4) is 0 Å². The molecule has 0 aromatic heterocycles. The highest BCUT2D eigenvalue weighted by Gasteiger charge is 2.56. The molecule has 0 saturated heterocycles. The van der Waals surface area contributed by atoms with Crippen LogP contribution in [0.2, 0.25) is 0 Å². The van der Waals surface area contributed by atoms with Crippen molar-refractivity contribution >= 4 is 0 Å². The highest BCUT2D eigenvalue weighted by atomic mass is 19.3. The summed E-state index contributed by atoms with van der Waals surface area (Å²) >= 11 is 0. The summed E-state index contributed by atoms with van der Waals surface area (Å²) < 4.78 is 24.4. The van der Waals surface area contributed by atoms with Crippen LogP contribution in [0.5, 0.6) is 0 Å². The molecule has 1 unspecified atom stereocenters. The van der Waals surface area contributed by atoms with Gasteiger partial charge in [0, 0.05) is 18.9 Å². The van der Waals surface area contributed by atoms with Crippen molar-refractivity contribution in [2.45, 2.75) is 25.7 Å². The normalized spacial score (nSPS) is 28.5. The lowest BCUT2D eigenvalue weighted by Crippen LogP contribution is -2.19. The van der Waals surface area contributed by atoms with Gasteiger partial charge in [-0.2, -0.15) is 0 Å². The van der Waals surface area contributed by atoms with Crippen molar-refractivity contribution in [2.75, 3.05) is 13.1 Å². The molecule has 0 bridgehead atoms. The Kier molecular flexibility index (Phi) is 2.24. The van der Waals surface area contributed by atoms with Crippen LogP contribution in [0.25, 0.3) is 0 Å². The standard InChI is InChI=1S/C7H13F2N/c1-2-3-10-5-6-4-7(6,8)9/h6,10H,2-5H2,1H3. The molecule has 1 atom stereocenters. The molecule has 1 fully saturated rings. The summed E-state index contributed by atoms with van der Waals surface area (Å²) in [5.74, 6) is -2.72. The van der Waals surface area contributed by atoms with E-state index in [1.807, 2.05) is 6.92 Å². The van der Waals surface area contributed by atoms with Crippen molar-refractivity contribution < 1.29 is 8.78 Å². The second-order valence-electron chi connectivity index (χ2n) is 2.87. The zero-order valence-corrected chi connectivity index (χ0v) is 6.16. The van der Waals surface area contributed by atoms with Gasteiger partial charge in [-0.1, -0.05) is 6.92 Å². The smallest absolute Gasteiger partial charge is 0.252 e. The Hall–Kier alpha value is -0.180. The van der Waals surface area contributed by atoms with Crippen LogP contribution < -0.4 is 5.32 Å². The van der Waals surface area contributed by atoms with Crippen LogP contribution in [-0.2, 0) is 0 Å². The average Bonchev–Trinajstić information content (AvgIpc) is 2.41. The molecule has 0 amide bonds. The molecule has 0 radical (unpaired) electrons. The lowest BCUT2D eigenvalue weighted by molar-refractivity contribution is 0.0987. The SMILES string of the molecule is CCCNCC1CC1(F)F. The molecule has 1 nitrogen and oxygen atoms in total. The van der Waals surface area contributed by atoms with Gasteiger partial charge < -0.3 is 5.32 Å². The molecular weight excluding hydrogens is 136 g/mol. The highest BCUT2D eigenvalue weighted by Crippen LogP contribution is 2.47. The zero-order valence-electron chi connectivity index (χ0n) is 6.16. The fourth-order valence-electron chi connectivity index (χ4n) is 0.944. The lowest BCUT2D eigenvalue weighted by Gasteiger charge is -1.99. The molecule has 0 heterocycles. The molecule has 1 rings (SSSR count). The summed E-state index contributed by atoms with van der Waals surface area (Å²) in [6.07, 6.45) is 1.10. The Labute approximate surface area is 59.8 Å². The van der Waals surface area contributed by atoms with Gasteiger partial charge in [-0.05, 0) is 13.0 Å². The van der Waals surface area contributed by atoms with Gasteiger partial charge in [0.25, 0.3) is 5.92 Å². The summed E-state index contributed by atoms with van der Waals surface area (Å²) in [5.41, 5.74) is 0. The van der Waals surface area contributed by atoms with Gasteiger partial charge in [-0.25, -0.2) is 8.78 Å². The summed E-state index contributed by atoms with van der Waals surface area (Å²) in [5, 5.41) is 2.97. The Morgan fingerprint density at radius 3 is 2.60 bits per heavy atom. The predicted molar refractivity (Wildman–Crippen MR) is 36.2 cm³/mol. The van der Waals surface area contributed by atoms with Crippen molar-refractivity contribution in [1.82, 2.24) is 5.32 Å². The van der Waals surface area contributed by atoms with E-state index < -0.39 is 5.92 Å². The zero-order chi connectivity index (χ0) is 7.61. The monoisotopic (exact) mass is 149 g/mol. The van der Waals surface area contributed by atoms with Crippen LogP contribution >= 0.6 is 0 Å². The average molecular weight is 149 g/mol. The minimum Gasteiger partial charge on any atom is -0.316 e. The van der Waals surface area contributed by atoms with E-state index in [0.29, 0.717) is 6.54 Å². The third kappa shape index (κ3) is 1.90. The van der Waals surface area contributed by atoms with E-state index >= 15 is 0 Å². The van der Waals surface area contributed by atoms with Crippen LogP contribution in [0, 0.1) is 5.92 Å². The molecule has 1 saturated carbocycles. The summed E-state index contributed by atoms with van der Waals surface area (Å²) in [6.45, 7) is 3.37. The van der Waals surface area contributed by atoms with Crippen molar-refractivity contribution in [3.8, 4) is 0 Å². The van der Waals surface area contributed by atoms with Crippen LogP contribution in [0.4, 0.5) is 8.78 Å². The second kappa shape index (κ2) is 2.82. The van der Waals surface area contributed by atoms with Gasteiger partial charge in [0.15, 0.2) is 0 Å². The molecule has 0 aromatic rings. The van der Waals surface area contributed by atoms with Gasteiger partial charge in [0.1, 0.15) is 0 Å². The Morgan fingerprint density at radius 2 is 2.20 bits per heavy atom. The van der Waals surface area contributed by atoms with Crippen molar-refractivity contribution in [2.24, 2.45) is 5.92 Å². The molecule has 60 valence electrons. The van der Waals surface area contributed by atoms with E-state index in [2.05, 4.69) is 5.32 Å². The summed E-state index contributed by atoms with van der Waals surface area (Å²) in [6, 6.07) is 0. The number of halogens is 2. The number of rotatable bonds is 4. The van der Waals surface area contributed by atoms with Gasteiger partial charge in [-0.15, -0.1) is 0 Å². The van der Waals surface area contributed by atoms with E-state index in [9.17, 15) is 8.78 Å². The third-order valence-electron chi connectivity index (χ3n) is 1.77.